The van der Waals surface area contributed by atoms with Crippen LogP contribution in [-0.2, 0) is 9.47 Å². The van der Waals surface area contributed by atoms with Gasteiger partial charge in [-0.05, 0) is 12.5 Å². The first-order chi connectivity index (χ1) is 13.8. The van der Waals surface area contributed by atoms with Gasteiger partial charge in [0.15, 0.2) is 5.82 Å². The summed E-state index contributed by atoms with van der Waals surface area (Å²) in [4.78, 5) is 23.0. The van der Waals surface area contributed by atoms with E-state index in [0.29, 0.717) is 62.3 Å². The van der Waals surface area contributed by atoms with Gasteiger partial charge < -0.3 is 24.0 Å². The third-order valence-corrected chi connectivity index (χ3v) is 4.61. The summed E-state index contributed by atoms with van der Waals surface area (Å²) < 4.78 is 16.6. The Morgan fingerprint density at radius 1 is 0.857 bits per heavy atom. The van der Waals surface area contributed by atoms with Crippen molar-refractivity contribution in [1.82, 2.24) is 19.9 Å². The van der Waals surface area contributed by atoms with Crippen molar-refractivity contribution in [1.29, 1.82) is 0 Å². The van der Waals surface area contributed by atoms with Gasteiger partial charge in [0.05, 0.1) is 33.0 Å². The Labute approximate surface area is 164 Å². The van der Waals surface area contributed by atoms with Gasteiger partial charge in [0.1, 0.15) is 5.69 Å². The number of ether oxygens (including phenoxy) is 3. The number of nitrogens with zero attached hydrogens (tertiary/aromatic N) is 6. The smallest absolute Gasteiger partial charge is 0.230 e. The first kappa shape index (κ1) is 18.8. The van der Waals surface area contributed by atoms with Crippen LogP contribution in [0.1, 0.15) is 13.3 Å². The highest BCUT2D eigenvalue weighted by molar-refractivity contribution is 5.55. The third-order valence-electron chi connectivity index (χ3n) is 4.61. The third kappa shape index (κ3) is 4.48. The number of pyridine rings is 1. The number of morpholine rings is 2. The van der Waals surface area contributed by atoms with Crippen molar-refractivity contribution >= 4 is 11.9 Å². The molecule has 0 aliphatic carbocycles. The lowest BCUT2D eigenvalue weighted by Crippen LogP contribution is -2.40. The maximum Gasteiger partial charge on any atom is 0.230 e. The van der Waals surface area contributed by atoms with E-state index in [1.807, 2.05) is 18.2 Å². The highest BCUT2D eigenvalue weighted by Gasteiger charge is 2.21. The van der Waals surface area contributed by atoms with Gasteiger partial charge in [0.2, 0.25) is 17.8 Å². The zero-order valence-corrected chi connectivity index (χ0v) is 16.2. The van der Waals surface area contributed by atoms with Crippen LogP contribution in [0.15, 0.2) is 18.2 Å². The number of hydrogen-bond acceptors (Lipinski definition) is 9. The van der Waals surface area contributed by atoms with Crippen molar-refractivity contribution in [2.45, 2.75) is 13.3 Å². The van der Waals surface area contributed by atoms with Crippen molar-refractivity contribution < 1.29 is 14.2 Å². The van der Waals surface area contributed by atoms with Gasteiger partial charge in [0, 0.05) is 32.2 Å². The molecular formula is C19H26N6O3. The Bertz CT molecular complexity index is 742. The molecule has 0 saturated carbocycles. The predicted octanol–water partition coefficient (Wildman–Crippen LogP) is 1.40. The van der Waals surface area contributed by atoms with Gasteiger partial charge in [-0.2, -0.15) is 15.0 Å². The molecule has 150 valence electrons. The normalized spacial score (nSPS) is 17.6. The predicted molar refractivity (Wildman–Crippen MR) is 105 cm³/mol. The largest absolute Gasteiger partial charge is 0.478 e. The Hall–Kier alpha value is -2.52. The molecule has 2 aliphatic rings. The molecule has 0 N–H and O–H groups in total. The van der Waals surface area contributed by atoms with Crippen LogP contribution in [-0.4, -0.2) is 79.1 Å². The summed E-state index contributed by atoms with van der Waals surface area (Å²) in [7, 11) is 0. The molecule has 0 unspecified atom stereocenters. The average molecular weight is 386 g/mol. The molecule has 4 rings (SSSR count). The topological polar surface area (TPSA) is 85.7 Å². The first-order valence-corrected chi connectivity index (χ1v) is 9.85. The van der Waals surface area contributed by atoms with E-state index in [1.54, 1.807) is 0 Å². The lowest BCUT2D eigenvalue weighted by Gasteiger charge is -2.30. The van der Waals surface area contributed by atoms with Crippen LogP contribution >= 0.6 is 0 Å². The van der Waals surface area contributed by atoms with E-state index in [4.69, 9.17) is 29.2 Å². The van der Waals surface area contributed by atoms with E-state index in [-0.39, 0.29) is 0 Å². The zero-order valence-electron chi connectivity index (χ0n) is 16.2. The molecule has 2 aliphatic heterocycles. The minimum Gasteiger partial charge on any atom is -0.478 e. The summed E-state index contributed by atoms with van der Waals surface area (Å²) >= 11 is 0. The van der Waals surface area contributed by atoms with E-state index < -0.39 is 0 Å². The second kappa shape index (κ2) is 9.11. The molecule has 9 heteroatoms. The van der Waals surface area contributed by atoms with Crippen LogP contribution in [0.3, 0.4) is 0 Å². The molecule has 0 aromatic carbocycles. The molecule has 2 fully saturated rings. The highest BCUT2D eigenvalue weighted by Crippen LogP contribution is 2.23. The molecule has 2 aromatic heterocycles. The molecular weight excluding hydrogens is 360 g/mol. The minimum absolute atomic E-state index is 0.555. The molecule has 0 spiro atoms. The van der Waals surface area contributed by atoms with Gasteiger partial charge in [0.25, 0.3) is 0 Å². The lowest BCUT2D eigenvalue weighted by molar-refractivity contribution is 0.121. The monoisotopic (exact) mass is 386 g/mol. The van der Waals surface area contributed by atoms with Crippen LogP contribution in [0.4, 0.5) is 11.9 Å². The minimum atomic E-state index is 0.555. The summed E-state index contributed by atoms with van der Waals surface area (Å²) in [5.41, 5.74) is 0.681. The number of hydrogen-bond donors (Lipinski definition) is 0. The highest BCUT2D eigenvalue weighted by atomic mass is 16.5. The molecule has 0 radical (unpaired) electrons. The summed E-state index contributed by atoms with van der Waals surface area (Å²) in [6.45, 7) is 8.44. The molecule has 28 heavy (non-hydrogen) atoms. The Kier molecular flexibility index (Phi) is 6.13. The van der Waals surface area contributed by atoms with Crippen LogP contribution in [0.2, 0.25) is 0 Å². The fourth-order valence-corrected chi connectivity index (χ4v) is 3.10. The second-order valence-electron chi connectivity index (χ2n) is 6.67. The second-order valence-corrected chi connectivity index (χ2v) is 6.67. The van der Waals surface area contributed by atoms with Gasteiger partial charge in [-0.25, -0.2) is 4.98 Å². The van der Waals surface area contributed by atoms with E-state index in [2.05, 4.69) is 21.7 Å². The molecule has 0 bridgehead atoms. The average Bonchev–Trinajstić information content (AvgIpc) is 2.79. The fraction of sp³-hybridized carbons (Fsp3) is 0.579. The van der Waals surface area contributed by atoms with E-state index in [9.17, 15) is 0 Å². The maximum absolute atomic E-state index is 5.67. The lowest BCUT2D eigenvalue weighted by atomic mass is 10.3. The van der Waals surface area contributed by atoms with E-state index in [1.165, 1.54) is 0 Å². The number of aromatic nitrogens is 4. The fourth-order valence-electron chi connectivity index (χ4n) is 3.10. The summed E-state index contributed by atoms with van der Waals surface area (Å²) in [6, 6.07) is 5.67. The van der Waals surface area contributed by atoms with Gasteiger partial charge >= 0.3 is 0 Å². The van der Waals surface area contributed by atoms with Gasteiger partial charge in [-0.3, -0.25) is 0 Å². The van der Waals surface area contributed by atoms with Crippen LogP contribution < -0.4 is 14.5 Å². The van der Waals surface area contributed by atoms with Crippen molar-refractivity contribution in [2.24, 2.45) is 0 Å². The van der Waals surface area contributed by atoms with Crippen LogP contribution in [0, 0.1) is 0 Å². The quantitative estimate of drug-likeness (QED) is 0.731. The number of rotatable bonds is 6. The first-order valence-electron chi connectivity index (χ1n) is 9.85. The van der Waals surface area contributed by atoms with Gasteiger partial charge in [-0.15, -0.1) is 0 Å². The Morgan fingerprint density at radius 3 is 2.04 bits per heavy atom. The SMILES string of the molecule is CCCOc1cccc(-c2nc(N3CCOCC3)nc(N3CCOCC3)n2)n1. The molecule has 0 amide bonds. The standard InChI is InChI=1S/C19H26N6O3/c1-2-10-28-16-5-3-4-15(20-16)17-21-18(24-6-11-26-12-7-24)23-19(22-17)25-8-13-27-14-9-25/h3-5H,2,6-14H2,1H3. The molecule has 9 nitrogen and oxygen atoms in total. The van der Waals surface area contributed by atoms with E-state index in [0.717, 1.165) is 32.6 Å². The molecule has 2 aromatic rings. The Morgan fingerprint density at radius 2 is 1.46 bits per heavy atom. The molecule has 4 heterocycles. The summed E-state index contributed by atoms with van der Waals surface area (Å²) in [5, 5.41) is 0. The van der Waals surface area contributed by atoms with Crippen molar-refractivity contribution in [2.75, 3.05) is 69.0 Å². The van der Waals surface area contributed by atoms with Crippen molar-refractivity contribution in [3.63, 3.8) is 0 Å². The summed E-state index contributed by atoms with van der Waals surface area (Å²) in [5.74, 6) is 2.47. The summed E-state index contributed by atoms with van der Waals surface area (Å²) in [6.07, 6.45) is 0.931. The maximum atomic E-state index is 5.67. The molecule has 0 atom stereocenters. The Balaban J connectivity index is 1.68. The van der Waals surface area contributed by atoms with Gasteiger partial charge in [-0.1, -0.05) is 13.0 Å². The van der Waals surface area contributed by atoms with Crippen molar-refractivity contribution in [3.05, 3.63) is 18.2 Å². The van der Waals surface area contributed by atoms with E-state index >= 15 is 0 Å². The number of anilines is 2. The van der Waals surface area contributed by atoms with Crippen molar-refractivity contribution in [3.8, 4) is 17.4 Å². The molecule has 2 saturated heterocycles. The zero-order chi connectivity index (χ0) is 19.2. The van der Waals surface area contributed by atoms with Crippen LogP contribution in [0.25, 0.3) is 11.5 Å². The van der Waals surface area contributed by atoms with Crippen LogP contribution in [0.5, 0.6) is 5.88 Å².